The number of nitrogens with one attached hydrogen (secondary N) is 1. The SMILES string of the molecule is CCNC(=NCC1CN(C)CCN1C)N(C)Cc1cc(C)n(-c2ccc(OC)cc2)c1C. The zero-order valence-electron chi connectivity index (χ0n) is 20.9. The molecule has 32 heavy (non-hydrogen) atoms. The molecule has 7 nitrogen and oxygen atoms in total. The predicted molar refractivity (Wildman–Crippen MR) is 133 cm³/mol. The third kappa shape index (κ3) is 5.64. The van der Waals surface area contributed by atoms with E-state index in [1.54, 1.807) is 7.11 Å². The molecule has 0 spiro atoms. The highest BCUT2D eigenvalue weighted by Gasteiger charge is 2.22. The van der Waals surface area contributed by atoms with Crippen LogP contribution in [0.5, 0.6) is 5.75 Å². The summed E-state index contributed by atoms with van der Waals surface area (Å²) in [6.45, 7) is 12.2. The highest BCUT2D eigenvalue weighted by molar-refractivity contribution is 5.79. The highest BCUT2D eigenvalue weighted by Crippen LogP contribution is 2.23. The summed E-state index contributed by atoms with van der Waals surface area (Å²) in [5.74, 6) is 1.83. The maximum Gasteiger partial charge on any atom is 0.194 e. The van der Waals surface area contributed by atoms with Crippen LogP contribution in [0, 0.1) is 13.8 Å². The molecule has 2 aromatic rings. The number of guanidine groups is 1. The van der Waals surface area contributed by atoms with E-state index in [0.717, 1.165) is 56.7 Å². The van der Waals surface area contributed by atoms with Gasteiger partial charge in [-0.1, -0.05) is 0 Å². The quantitative estimate of drug-likeness (QED) is 0.530. The number of methoxy groups -OCH3 is 1. The third-order valence-corrected chi connectivity index (χ3v) is 6.40. The topological polar surface area (TPSA) is 48.3 Å². The van der Waals surface area contributed by atoms with Crippen LogP contribution in [-0.2, 0) is 6.54 Å². The summed E-state index contributed by atoms with van der Waals surface area (Å²) in [6, 6.07) is 11.0. The first kappa shape index (κ1) is 24.1. The summed E-state index contributed by atoms with van der Waals surface area (Å²) in [5, 5.41) is 3.48. The van der Waals surface area contributed by atoms with Gasteiger partial charge in [0.05, 0.1) is 13.7 Å². The molecule has 0 radical (unpaired) electrons. The van der Waals surface area contributed by atoms with Crippen LogP contribution in [0.3, 0.4) is 0 Å². The van der Waals surface area contributed by atoms with Crippen molar-refractivity contribution in [2.24, 2.45) is 4.99 Å². The number of likely N-dealkylation sites (N-methyl/N-ethyl adjacent to an activating group) is 2. The molecule has 1 aliphatic heterocycles. The fourth-order valence-electron chi connectivity index (χ4n) is 4.41. The van der Waals surface area contributed by atoms with Gasteiger partial charge < -0.3 is 24.4 Å². The van der Waals surface area contributed by atoms with Crippen molar-refractivity contribution in [3.63, 3.8) is 0 Å². The van der Waals surface area contributed by atoms with Gasteiger partial charge in [-0.3, -0.25) is 9.89 Å². The Labute approximate surface area is 193 Å². The molecule has 1 N–H and O–H groups in total. The molecule has 7 heteroatoms. The van der Waals surface area contributed by atoms with Crippen molar-refractivity contribution < 1.29 is 4.74 Å². The molecule has 1 aliphatic rings. The van der Waals surface area contributed by atoms with Crippen molar-refractivity contribution in [1.29, 1.82) is 0 Å². The number of aryl methyl sites for hydroxylation is 1. The van der Waals surface area contributed by atoms with E-state index in [1.165, 1.54) is 17.0 Å². The number of nitrogens with zero attached hydrogens (tertiary/aromatic N) is 5. The Morgan fingerprint density at radius 1 is 1.19 bits per heavy atom. The Morgan fingerprint density at radius 2 is 1.91 bits per heavy atom. The summed E-state index contributed by atoms with van der Waals surface area (Å²) >= 11 is 0. The van der Waals surface area contributed by atoms with E-state index in [0.29, 0.717) is 6.04 Å². The molecule has 0 bridgehead atoms. The molecule has 2 heterocycles. The monoisotopic (exact) mass is 440 g/mol. The Balaban J connectivity index is 1.75. The highest BCUT2D eigenvalue weighted by atomic mass is 16.5. The zero-order chi connectivity index (χ0) is 23.3. The molecule has 1 aromatic heterocycles. The van der Waals surface area contributed by atoms with Gasteiger partial charge in [0.15, 0.2) is 5.96 Å². The first-order chi connectivity index (χ1) is 15.3. The number of ether oxygens (including phenoxy) is 1. The first-order valence-corrected chi connectivity index (χ1v) is 11.5. The van der Waals surface area contributed by atoms with Crippen LogP contribution in [0.15, 0.2) is 35.3 Å². The number of aromatic nitrogens is 1. The molecule has 176 valence electrons. The second kappa shape index (κ2) is 10.9. The van der Waals surface area contributed by atoms with Crippen molar-refractivity contribution >= 4 is 5.96 Å². The molecule has 1 unspecified atom stereocenters. The van der Waals surface area contributed by atoms with Crippen molar-refractivity contribution in [2.75, 3.05) is 61.0 Å². The normalized spacial score (nSPS) is 18.1. The number of rotatable bonds is 7. The van der Waals surface area contributed by atoms with Crippen LogP contribution in [0.1, 0.15) is 23.9 Å². The van der Waals surface area contributed by atoms with E-state index in [9.17, 15) is 0 Å². The minimum absolute atomic E-state index is 0.455. The Bertz CT molecular complexity index is 904. The maximum absolute atomic E-state index is 5.31. The van der Waals surface area contributed by atoms with Crippen LogP contribution in [-0.4, -0.2) is 92.2 Å². The van der Waals surface area contributed by atoms with Crippen LogP contribution in [0.2, 0.25) is 0 Å². The standard InChI is InChI=1S/C25H40N6O/c1-8-26-25(27-16-23-18-28(4)13-14-29(23)5)30(6)17-21-15-19(2)31(20(21)3)22-9-11-24(32-7)12-10-22/h9-12,15,23H,8,13-14,16-18H2,1-7H3,(H,26,27). The second-order valence-corrected chi connectivity index (χ2v) is 8.88. The molecule has 3 rings (SSSR count). The van der Waals surface area contributed by atoms with Gasteiger partial charge in [-0.15, -0.1) is 0 Å². The van der Waals surface area contributed by atoms with E-state index >= 15 is 0 Å². The number of hydrogen-bond donors (Lipinski definition) is 1. The summed E-state index contributed by atoms with van der Waals surface area (Å²) in [7, 11) is 8.22. The average molecular weight is 441 g/mol. The van der Waals surface area contributed by atoms with Crippen LogP contribution in [0.25, 0.3) is 5.69 Å². The van der Waals surface area contributed by atoms with Gasteiger partial charge >= 0.3 is 0 Å². The summed E-state index contributed by atoms with van der Waals surface area (Å²) in [6.07, 6.45) is 0. The van der Waals surface area contributed by atoms with E-state index < -0.39 is 0 Å². The minimum atomic E-state index is 0.455. The summed E-state index contributed by atoms with van der Waals surface area (Å²) in [4.78, 5) is 12.0. The molecule has 1 aromatic carbocycles. The minimum Gasteiger partial charge on any atom is -0.497 e. The fourth-order valence-corrected chi connectivity index (χ4v) is 4.41. The number of piperazine rings is 1. The van der Waals surface area contributed by atoms with E-state index in [-0.39, 0.29) is 0 Å². The van der Waals surface area contributed by atoms with Gasteiger partial charge in [-0.05, 0) is 70.8 Å². The molecule has 0 amide bonds. The van der Waals surface area contributed by atoms with Gasteiger partial charge in [-0.25, -0.2) is 0 Å². The lowest BCUT2D eigenvalue weighted by Crippen LogP contribution is -2.51. The number of benzene rings is 1. The zero-order valence-corrected chi connectivity index (χ0v) is 20.9. The predicted octanol–water partition coefficient (Wildman–Crippen LogP) is 2.75. The Morgan fingerprint density at radius 3 is 2.56 bits per heavy atom. The van der Waals surface area contributed by atoms with Crippen LogP contribution < -0.4 is 10.1 Å². The van der Waals surface area contributed by atoms with E-state index in [1.807, 2.05) is 12.1 Å². The lowest BCUT2D eigenvalue weighted by Gasteiger charge is -2.37. The van der Waals surface area contributed by atoms with E-state index in [2.05, 4.69) is 84.7 Å². The maximum atomic E-state index is 5.31. The lowest BCUT2D eigenvalue weighted by molar-refractivity contribution is 0.119. The number of aliphatic imine (C=N–C) groups is 1. The third-order valence-electron chi connectivity index (χ3n) is 6.40. The van der Waals surface area contributed by atoms with Crippen LogP contribution >= 0.6 is 0 Å². The van der Waals surface area contributed by atoms with Gasteiger partial charge in [-0.2, -0.15) is 0 Å². The smallest absolute Gasteiger partial charge is 0.194 e. The van der Waals surface area contributed by atoms with Gasteiger partial charge in [0.2, 0.25) is 0 Å². The molecule has 1 fully saturated rings. The van der Waals surface area contributed by atoms with Gasteiger partial charge in [0.25, 0.3) is 0 Å². The molecule has 0 aliphatic carbocycles. The Hall–Kier alpha value is -2.51. The van der Waals surface area contributed by atoms with E-state index in [4.69, 9.17) is 9.73 Å². The van der Waals surface area contributed by atoms with Crippen molar-refractivity contribution in [3.05, 3.63) is 47.3 Å². The molecule has 1 atom stereocenters. The Kier molecular flexibility index (Phi) is 8.21. The lowest BCUT2D eigenvalue weighted by atomic mass is 10.2. The number of hydrogen-bond acceptors (Lipinski definition) is 4. The summed E-state index contributed by atoms with van der Waals surface area (Å²) in [5.41, 5.74) is 4.94. The molecule has 0 saturated carbocycles. The fraction of sp³-hybridized carbons (Fsp3) is 0.560. The summed E-state index contributed by atoms with van der Waals surface area (Å²) < 4.78 is 7.62. The molecular formula is C25H40N6O. The van der Waals surface area contributed by atoms with Crippen molar-refractivity contribution in [3.8, 4) is 11.4 Å². The van der Waals surface area contributed by atoms with Crippen molar-refractivity contribution in [2.45, 2.75) is 33.4 Å². The van der Waals surface area contributed by atoms with Crippen LogP contribution in [0.4, 0.5) is 0 Å². The van der Waals surface area contributed by atoms with Crippen molar-refractivity contribution in [1.82, 2.24) is 24.6 Å². The van der Waals surface area contributed by atoms with Gasteiger partial charge in [0, 0.05) is 62.9 Å². The average Bonchev–Trinajstić information content (AvgIpc) is 3.06. The molecular weight excluding hydrogens is 400 g/mol. The largest absolute Gasteiger partial charge is 0.497 e. The second-order valence-electron chi connectivity index (χ2n) is 8.88. The first-order valence-electron chi connectivity index (χ1n) is 11.5. The molecule has 1 saturated heterocycles. The van der Waals surface area contributed by atoms with Gasteiger partial charge in [0.1, 0.15) is 5.75 Å².